The molecular formula is C25H30N2O6. The lowest BCUT2D eigenvalue weighted by Crippen LogP contribution is -2.22. The van der Waals surface area contributed by atoms with Gasteiger partial charge in [-0.1, -0.05) is 32.0 Å². The number of nitrogens with one attached hydrogen (secondary N) is 2. The largest absolute Gasteiger partial charge is 0.462 e. The molecule has 2 amide bonds. The maximum absolute atomic E-state index is 12.1. The molecular weight excluding hydrogens is 424 g/mol. The van der Waals surface area contributed by atoms with Crippen molar-refractivity contribution in [3.63, 3.8) is 0 Å². The number of ether oxygens (including phenoxy) is 2. The third-order valence-corrected chi connectivity index (χ3v) is 4.73. The number of aryl methyl sites for hydroxylation is 1. The van der Waals surface area contributed by atoms with Gasteiger partial charge >= 0.3 is 11.9 Å². The van der Waals surface area contributed by atoms with Crippen LogP contribution in [-0.2, 0) is 23.9 Å². The van der Waals surface area contributed by atoms with E-state index < -0.39 is 30.4 Å². The Balaban J connectivity index is 1.75. The lowest BCUT2D eigenvalue weighted by molar-refractivity contribution is -0.147. The van der Waals surface area contributed by atoms with Crippen LogP contribution in [0.4, 0.5) is 11.4 Å². The van der Waals surface area contributed by atoms with Crippen LogP contribution in [0.1, 0.15) is 48.2 Å². The molecule has 0 aliphatic rings. The Kier molecular flexibility index (Phi) is 9.60. The van der Waals surface area contributed by atoms with Crippen LogP contribution in [0.5, 0.6) is 0 Å². The summed E-state index contributed by atoms with van der Waals surface area (Å²) in [5.74, 6) is -1.79. The van der Waals surface area contributed by atoms with E-state index in [0.717, 1.165) is 11.1 Å². The van der Waals surface area contributed by atoms with E-state index >= 15 is 0 Å². The lowest BCUT2D eigenvalue weighted by atomic mass is 10.1. The van der Waals surface area contributed by atoms with Crippen molar-refractivity contribution in [1.29, 1.82) is 0 Å². The van der Waals surface area contributed by atoms with Crippen LogP contribution >= 0.6 is 0 Å². The minimum Gasteiger partial charge on any atom is -0.462 e. The molecule has 0 spiro atoms. The molecule has 2 aromatic carbocycles. The van der Waals surface area contributed by atoms with Gasteiger partial charge in [-0.2, -0.15) is 0 Å². The summed E-state index contributed by atoms with van der Waals surface area (Å²) in [6, 6.07) is 11.9. The zero-order valence-electron chi connectivity index (χ0n) is 19.4. The Morgan fingerprint density at radius 1 is 0.879 bits per heavy atom. The molecule has 33 heavy (non-hydrogen) atoms. The maximum atomic E-state index is 12.1. The van der Waals surface area contributed by atoms with E-state index in [4.69, 9.17) is 9.47 Å². The summed E-state index contributed by atoms with van der Waals surface area (Å²) in [6.07, 6.45) is -0.307. The van der Waals surface area contributed by atoms with Gasteiger partial charge in [0.15, 0.2) is 6.61 Å². The number of esters is 2. The average molecular weight is 455 g/mol. The quantitative estimate of drug-likeness (QED) is 0.525. The molecule has 176 valence electrons. The molecule has 0 aliphatic heterocycles. The van der Waals surface area contributed by atoms with Gasteiger partial charge in [0, 0.05) is 17.8 Å². The summed E-state index contributed by atoms with van der Waals surface area (Å²) in [4.78, 5) is 48.1. The van der Waals surface area contributed by atoms with E-state index in [1.54, 1.807) is 24.3 Å². The number of rotatable bonds is 10. The summed E-state index contributed by atoms with van der Waals surface area (Å²) >= 11 is 0. The van der Waals surface area contributed by atoms with Crippen molar-refractivity contribution in [2.75, 3.05) is 23.8 Å². The molecule has 0 aromatic heterocycles. The number of amides is 2. The van der Waals surface area contributed by atoms with Crippen LogP contribution in [0.3, 0.4) is 0 Å². The number of carbonyl (C=O) groups is 4. The molecule has 0 atom stereocenters. The van der Waals surface area contributed by atoms with Gasteiger partial charge in [-0.05, 0) is 55.2 Å². The molecule has 0 heterocycles. The molecule has 2 rings (SSSR count). The van der Waals surface area contributed by atoms with E-state index in [1.807, 2.05) is 39.8 Å². The molecule has 0 radical (unpaired) electrons. The number of hydrogen-bond donors (Lipinski definition) is 2. The molecule has 0 fully saturated rings. The smallest absolute Gasteiger partial charge is 0.338 e. The van der Waals surface area contributed by atoms with E-state index in [1.165, 1.54) is 6.07 Å². The van der Waals surface area contributed by atoms with Crippen molar-refractivity contribution in [3.05, 3.63) is 59.2 Å². The molecule has 2 N–H and O–H groups in total. The first-order chi connectivity index (χ1) is 15.7. The van der Waals surface area contributed by atoms with Crippen LogP contribution in [-0.4, -0.2) is 37.0 Å². The van der Waals surface area contributed by atoms with Crippen molar-refractivity contribution in [1.82, 2.24) is 0 Å². The molecule has 0 bridgehead atoms. The predicted octanol–water partition coefficient (Wildman–Crippen LogP) is 4.02. The average Bonchev–Trinajstić information content (AvgIpc) is 2.78. The zero-order chi connectivity index (χ0) is 24.4. The fourth-order valence-electron chi connectivity index (χ4n) is 2.78. The number of anilines is 2. The third kappa shape index (κ3) is 8.76. The highest BCUT2D eigenvalue weighted by molar-refractivity contribution is 5.96. The van der Waals surface area contributed by atoms with Crippen molar-refractivity contribution >= 4 is 35.1 Å². The maximum Gasteiger partial charge on any atom is 0.338 e. The van der Waals surface area contributed by atoms with Gasteiger partial charge in [0.05, 0.1) is 18.6 Å². The Morgan fingerprint density at radius 2 is 1.61 bits per heavy atom. The van der Waals surface area contributed by atoms with Crippen molar-refractivity contribution in [2.45, 2.75) is 40.5 Å². The monoisotopic (exact) mass is 454 g/mol. The molecule has 0 unspecified atom stereocenters. The second kappa shape index (κ2) is 12.4. The van der Waals surface area contributed by atoms with Gasteiger partial charge in [-0.3, -0.25) is 14.4 Å². The second-order valence-electron chi connectivity index (χ2n) is 8.08. The fourth-order valence-corrected chi connectivity index (χ4v) is 2.78. The van der Waals surface area contributed by atoms with E-state index in [2.05, 4.69) is 10.6 Å². The minimum absolute atomic E-state index is 0.126. The topological polar surface area (TPSA) is 111 Å². The van der Waals surface area contributed by atoms with Crippen LogP contribution in [0, 0.1) is 19.8 Å². The van der Waals surface area contributed by atoms with Crippen LogP contribution in [0.2, 0.25) is 0 Å². The van der Waals surface area contributed by atoms with Gasteiger partial charge in [0.2, 0.25) is 5.91 Å². The van der Waals surface area contributed by atoms with Crippen molar-refractivity contribution in [2.24, 2.45) is 5.92 Å². The summed E-state index contributed by atoms with van der Waals surface area (Å²) in [5.41, 5.74) is 3.37. The summed E-state index contributed by atoms with van der Waals surface area (Å²) in [5, 5.41) is 5.33. The Bertz CT molecular complexity index is 1020. The number of carbonyl (C=O) groups excluding carboxylic acids is 4. The Hall–Kier alpha value is -3.68. The van der Waals surface area contributed by atoms with Crippen molar-refractivity contribution < 1.29 is 28.7 Å². The molecule has 0 saturated carbocycles. The number of hydrogen-bond acceptors (Lipinski definition) is 6. The SMILES string of the molecule is Cc1cccc(NC(=O)COC(=O)CCC(=O)Nc2cccc(C(=O)OCC(C)C)c2)c1C. The van der Waals surface area contributed by atoms with Gasteiger partial charge in [-0.25, -0.2) is 4.79 Å². The highest BCUT2D eigenvalue weighted by Crippen LogP contribution is 2.18. The van der Waals surface area contributed by atoms with E-state index in [9.17, 15) is 19.2 Å². The normalized spacial score (nSPS) is 10.5. The fraction of sp³-hybridized carbons (Fsp3) is 0.360. The Labute approximate surface area is 193 Å². The van der Waals surface area contributed by atoms with Gasteiger partial charge < -0.3 is 20.1 Å². The zero-order valence-corrected chi connectivity index (χ0v) is 19.4. The highest BCUT2D eigenvalue weighted by atomic mass is 16.5. The second-order valence-corrected chi connectivity index (χ2v) is 8.08. The summed E-state index contributed by atoms with van der Waals surface area (Å²) < 4.78 is 10.1. The Morgan fingerprint density at radius 3 is 2.33 bits per heavy atom. The molecule has 2 aromatic rings. The van der Waals surface area contributed by atoms with Crippen LogP contribution in [0.15, 0.2) is 42.5 Å². The standard InChI is InChI=1S/C25H30N2O6/c1-16(2)14-33-25(31)19-8-6-9-20(13-19)26-22(28)11-12-24(30)32-15-23(29)27-21-10-5-7-17(3)18(21)4/h5-10,13,16H,11-12,14-15H2,1-4H3,(H,26,28)(H,27,29). The molecule has 8 nitrogen and oxygen atoms in total. The third-order valence-electron chi connectivity index (χ3n) is 4.73. The molecule has 0 aliphatic carbocycles. The van der Waals surface area contributed by atoms with Gasteiger partial charge in [0.25, 0.3) is 5.91 Å². The van der Waals surface area contributed by atoms with Gasteiger partial charge in [0.1, 0.15) is 0 Å². The molecule has 8 heteroatoms. The predicted molar refractivity (Wildman–Crippen MR) is 125 cm³/mol. The first-order valence-corrected chi connectivity index (χ1v) is 10.7. The lowest BCUT2D eigenvalue weighted by Gasteiger charge is -2.11. The van der Waals surface area contributed by atoms with Crippen LogP contribution in [0.25, 0.3) is 0 Å². The van der Waals surface area contributed by atoms with Crippen LogP contribution < -0.4 is 10.6 Å². The van der Waals surface area contributed by atoms with E-state index in [-0.39, 0.29) is 18.8 Å². The minimum atomic E-state index is -0.660. The van der Waals surface area contributed by atoms with Crippen molar-refractivity contribution in [3.8, 4) is 0 Å². The first kappa shape index (κ1) is 25.6. The highest BCUT2D eigenvalue weighted by Gasteiger charge is 2.13. The number of benzene rings is 2. The van der Waals surface area contributed by atoms with Gasteiger partial charge in [-0.15, -0.1) is 0 Å². The molecule has 0 saturated heterocycles. The summed E-state index contributed by atoms with van der Waals surface area (Å²) in [6.45, 7) is 7.57. The summed E-state index contributed by atoms with van der Waals surface area (Å²) in [7, 11) is 0. The first-order valence-electron chi connectivity index (χ1n) is 10.7. The van der Waals surface area contributed by atoms with E-state index in [0.29, 0.717) is 23.5 Å².